The topological polar surface area (TPSA) is 78.8 Å². The van der Waals surface area contributed by atoms with E-state index >= 15 is 0 Å². The Morgan fingerprint density at radius 3 is 2.21 bits per heavy atom. The lowest BCUT2D eigenvalue weighted by Gasteiger charge is -2.24. The molecule has 0 unspecified atom stereocenters. The fraction of sp³-hybridized carbons (Fsp3) is 0.167. The molecule has 0 fully saturated rings. The first-order valence-electron chi connectivity index (χ1n) is 10.0. The molecule has 1 N–H and O–H groups in total. The molecule has 0 saturated heterocycles. The summed E-state index contributed by atoms with van der Waals surface area (Å²) < 4.78 is 27.9. The minimum Gasteiger partial charge on any atom is -0.271 e. The predicted octanol–water partition coefficient (Wildman–Crippen LogP) is 5.35. The fourth-order valence-electron chi connectivity index (χ4n) is 2.96. The molecule has 0 bridgehead atoms. The van der Waals surface area contributed by atoms with Crippen LogP contribution in [0.25, 0.3) is 0 Å². The smallest absolute Gasteiger partial charge is 0.264 e. The van der Waals surface area contributed by atoms with Crippen LogP contribution in [0.3, 0.4) is 0 Å². The van der Waals surface area contributed by atoms with Crippen molar-refractivity contribution in [3.05, 3.63) is 93.5 Å². The fourth-order valence-corrected chi connectivity index (χ4v) is 4.67. The van der Waals surface area contributed by atoms with E-state index in [9.17, 15) is 13.2 Å². The molecular weight excluding hydrogens is 481 g/mol. The number of sulfonamides is 1. The number of hydrazone groups is 1. The van der Waals surface area contributed by atoms with Crippen molar-refractivity contribution < 1.29 is 13.2 Å². The van der Waals surface area contributed by atoms with Gasteiger partial charge in [-0.25, -0.2) is 13.8 Å². The molecule has 33 heavy (non-hydrogen) atoms. The summed E-state index contributed by atoms with van der Waals surface area (Å²) in [5.41, 5.74) is 5.74. The Kier molecular flexibility index (Phi) is 7.79. The van der Waals surface area contributed by atoms with Crippen LogP contribution < -0.4 is 9.73 Å². The molecule has 6 nitrogen and oxygen atoms in total. The van der Waals surface area contributed by atoms with Crippen LogP contribution in [-0.2, 0) is 14.8 Å². The third-order valence-corrected chi connectivity index (χ3v) is 7.40. The summed E-state index contributed by atoms with van der Waals surface area (Å²) in [7, 11) is -4.04. The average Bonchev–Trinajstić information content (AvgIpc) is 2.78. The number of amides is 1. The molecule has 3 aromatic carbocycles. The van der Waals surface area contributed by atoms with Crippen molar-refractivity contribution in [2.75, 3.05) is 10.8 Å². The van der Waals surface area contributed by atoms with E-state index in [0.29, 0.717) is 15.8 Å². The van der Waals surface area contributed by atoms with Gasteiger partial charge in [-0.1, -0.05) is 59.1 Å². The molecule has 172 valence electrons. The van der Waals surface area contributed by atoms with E-state index < -0.39 is 22.5 Å². The van der Waals surface area contributed by atoms with Crippen LogP contribution >= 0.6 is 23.2 Å². The van der Waals surface area contributed by atoms with Crippen molar-refractivity contribution in [2.24, 2.45) is 5.10 Å². The summed E-state index contributed by atoms with van der Waals surface area (Å²) >= 11 is 12.1. The van der Waals surface area contributed by atoms with Gasteiger partial charge in [0, 0.05) is 10.0 Å². The van der Waals surface area contributed by atoms with Crippen molar-refractivity contribution in [3.8, 4) is 0 Å². The Morgan fingerprint density at radius 1 is 0.970 bits per heavy atom. The van der Waals surface area contributed by atoms with Crippen LogP contribution in [0, 0.1) is 13.8 Å². The number of anilines is 1. The number of carbonyl (C=O) groups is 1. The Balaban J connectivity index is 1.90. The highest BCUT2D eigenvalue weighted by atomic mass is 35.5. The van der Waals surface area contributed by atoms with Gasteiger partial charge in [0.15, 0.2) is 0 Å². The Morgan fingerprint density at radius 2 is 1.61 bits per heavy atom. The van der Waals surface area contributed by atoms with Crippen molar-refractivity contribution >= 4 is 50.5 Å². The first kappa shape index (κ1) is 24.8. The van der Waals surface area contributed by atoms with Crippen molar-refractivity contribution in [3.63, 3.8) is 0 Å². The second kappa shape index (κ2) is 10.4. The molecule has 1 amide bonds. The lowest BCUT2D eigenvalue weighted by atomic mass is 10.1. The number of carbonyl (C=O) groups excluding carboxylic acids is 1. The number of hydrogen-bond donors (Lipinski definition) is 1. The quantitative estimate of drug-likeness (QED) is 0.348. The van der Waals surface area contributed by atoms with Crippen LogP contribution in [-0.4, -0.2) is 26.6 Å². The second-order valence-electron chi connectivity index (χ2n) is 7.50. The van der Waals surface area contributed by atoms with E-state index in [-0.39, 0.29) is 10.6 Å². The van der Waals surface area contributed by atoms with Gasteiger partial charge in [0.2, 0.25) is 0 Å². The van der Waals surface area contributed by atoms with Gasteiger partial charge in [-0.2, -0.15) is 5.10 Å². The zero-order valence-electron chi connectivity index (χ0n) is 18.3. The van der Waals surface area contributed by atoms with Gasteiger partial charge in [0.05, 0.1) is 16.3 Å². The van der Waals surface area contributed by atoms with Gasteiger partial charge in [-0.3, -0.25) is 9.10 Å². The first-order valence-corrected chi connectivity index (χ1v) is 12.2. The van der Waals surface area contributed by atoms with E-state index in [1.54, 1.807) is 55.5 Å². The number of nitrogens with zero attached hydrogens (tertiary/aromatic N) is 2. The summed E-state index contributed by atoms with van der Waals surface area (Å²) in [6.07, 6.45) is 0. The summed E-state index contributed by atoms with van der Waals surface area (Å²) in [4.78, 5) is 12.8. The van der Waals surface area contributed by atoms with E-state index in [0.717, 1.165) is 21.0 Å². The summed E-state index contributed by atoms with van der Waals surface area (Å²) in [5.74, 6) is -0.601. The third kappa shape index (κ3) is 6.13. The normalized spacial score (nSPS) is 11.8. The van der Waals surface area contributed by atoms with Crippen molar-refractivity contribution in [2.45, 2.75) is 25.7 Å². The average molecular weight is 504 g/mol. The summed E-state index contributed by atoms with van der Waals surface area (Å²) in [5, 5.41) is 5.08. The highest BCUT2D eigenvalue weighted by Gasteiger charge is 2.27. The molecule has 0 aromatic heterocycles. The molecule has 0 heterocycles. The Bertz CT molecular complexity index is 1290. The van der Waals surface area contributed by atoms with Crippen LogP contribution in [0.15, 0.2) is 76.7 Å². The molecule has 0 aliphatic heterocycles. The Labute approximate surface area is 203 Å². The van der Waals surface area contributed by atoms with Crippen molar-refractivity contribution in [1.82, 2.24) is 5.43 Å². The molecule has 0 aliphatic rings. The summed E-state index contributed by atoms with van der Waals surface area (Å²) in [6.45, 7) is 4.92. The molecule has 0 saturated carbocycles. The van der Waals surface area contributed by atoms with Gasteiger partial charge >= 0.3 is 0 Å². The lowest BCUT2D eigenvalue weighted by molar-refractivity contribution is -0.119. The largest absolute Gasteiger partial charge is 0.271 e. The van der Waals surface area contributed by atoms with E-state index in [4.69, 9.17) is 23.2 Å². The summed E-state index contributed by atoms with van der Waals surface area (Å²) in [6, 6.07) is 18.2. The second-order valence-corrected chi connectivity index (χ2v) is 10.2. The maximum absolute atomic E-state index is 13.4. The molecule has 0 radical (unpaired) electrons. The van der Waals surface area contributed by atoms with Gasteiger partial charge in [-0.05, 0) is 68.3 Å². The van der Waals surface area contributed by atoms with E-state index in [1.165, 1.54) is 18.2 Å². The monoisotopic (exact) mass is 503 g/mol. The highest BCUT2D eigenvalue weighted by Crippen LogP contribution is 2.28. The number of aryl methyl sites for hydroxylation is 2. The zero-order chi connectivity index (χ0) is 24.2. The van der Waals surface area contributed by atoms with Gasteiger partial charge < -0.3 is 0 Å². The molecule has 0 spiro atoms. The minimum atomic E-state index is -4.04. The van der Waals surface area contributed by atoms with E-state index in [1.807, 2.05) is 13.8 Å². The number of halogens is 2. The van der Waals surface area contributed by atoms with Crippen LogP contribution in [0.4, 0.5) is 5.69 Å². The van der Waals surface area contributed by atoms with E-state index in [2.05, 4.69) is 10.5 Å². The number of rotatable bonds is 7. The number of nitrogens with one attached hydrogen (secondary N) is 1. The lowest BCUT2D eigenvalue weighted by Crippen LogP contribution is -2.39. The predicted molar refractivity (Wildman–Crippen MR) is 134 cm³/mol. The maximum Gasteiger partial charge on any atom is 0.264 e. The number of benzene rings is 3. The van der Waals surface area contributed by atoms with Crippen molar-refractivity contribution in [1.29, 1.82) is 0 Å². The number of hydrogen-bond acceptors (Lipinski definition) is 4. The molecule has 0 aliphatic carbocycles. The standard InChI is InChI=1S/C24H23Cl2N3O3S/c1-16-4-12-22(13-5-16)33(31,32)29(21-11-6-17(2)23(26)14-21)15-24(30)28-27-18(3)19-7-9-20(25)10-8-19/h4-14H,15H2,1-3H3,(H,28,30)/b27-18-. The molecule has 3 aromatic rings. The third-order valence-electron chi connectivity index (χ3n) is 4.95. The Hall–Kier alpha value is -2.87. The van der Waals surface area contributed by atoms with Gasteiger partial charge in [0.25, 0.3) is 15.9 Å². The molecule has 9 heteroatoms. The highest BCUT2D eigenvalue weighted by molar-refractivity contribution is 7.92. The maximum atomic E-state index is 13.4. The zero-order valence-corrected chi connectivity index (χ0v) is 20.7. The van der Waals surface area contributed by atoms with Gasteiger partial charge in [-0.15, -0.1) is 0 Å². The molecule has 0 atom stereocenters. The van der Waals surface area contributed by atoms with Crippen LogP contribution in [0.2, 0.25) is 10.0 Å². The minimum absolute atomic E-state index is 0.0680. The van der Waals surface area contributed by atoms with Crippen LogP contribution in [0.5, 0.6) is 0 Å². The first-order chi connectivity index (χ1) is 15.6. The molecular formula is C24H23Cl2N3O3S. The van der Waals surface area contributed by atoms with Crippen LogP contribution in [0.1, 0.15) is 23.6 Å². The van der Waals surface area contributed by atoms with Gasteiger partial charge in [0.1, 0.15) is 6.54 Å². The molecule has 3 rings (SSSR count). The SMILES string of the molecule is C/C(=N/NC(=O)CN(c1ccc(C)c(Cl)c1)S(=O)(=O)c1ccc(C)cc1)c1ccc(Cl)cc1.